The molecule has 4 rings (SSSR count). The van der Waals surface area contributed by atoms with Crippen LogP contribution in [0.4, 0.5) is 4.79 Å². The predicted octanol–water partition coefficient (Wildman–Crippen LogP) is -0.0501. The maximum atomic E-state index is 13.9. The van der Waals surface area contributed by atoms with Crippen molar-refractivity contribution in [2.24, 2.45) is 11.3 Å². The van der Waals surface area contributed by atoms with Crippen molar-refractivity contribution in [3.05, 3.63) is 24.3 Å². The van der Waals surface area contributed by atoms with Gasteiger partial charge in [-0.3, -0.25) is 29.5 Å². The molecule has 0 radical (unpaired) electrons. The van der Waals surface area contributed by atoms with E-state index < -0.39 is 64.7 Å². The van der Waals surface area contributed by atoms with Crippen LogP contribution in [0, 0.1) is 11.3 Å². The van der Waals surface area contributed by atoms with Gasteiger partial charge in [0.1, 0.15) is 29.4 Å². The third kappa shape index (κ3) is 5.89. The molecular weight excluding hydrogens is 522 g/mol. The largest absolute Gasteiger partial charge is 0.480 e. The highest BCUT2D eigenvalue weighted by Crippen LogP contribution is 2.33. The van der Waals surface area contributed by atoms with Crippen LogP contribution in [-0.4, -0.2) is 85.8 Å². The Morgan fingerprint density at radius 1 is 1.10 bits per heavy atom. The first-order valence-corrected chi connectivity index (χ1v) is 13.4. The SMILES string of the molecule is CC(C)(C)C(NC(=O)[C@@H](NC(=O)c1cnccn1)C1CCCCC1)C(=O)N1CC2(CC1C(=O)O)NC(=O)NC2=O. The zero-order valence-corrected chi connectivity index (χ0v) is 22.7. The Morgan fingerprint density at radius 3 is 2.35 bits per heavy atom. The minimum atomic E-state index is -1.57. The van der Waals surface area contributed by atoms with Crippen LogP contribution < -0.4 is 21.3 Å². The number of hydrogen-bond acceptors (Lipinski definition) is 8. The molecule has 1 aromatic rings. The molecule has 1 spiro atoms. The summed E-state index contributed by atoms with van der Waals surface area (Å²) in [6.07, 6.45) is 7.98. The van der Waals surface area contributed by atoms with Crippen molar-refractivity contribution in [2.75, 3.05) is 6.54 Å². The standard InChI is InChI=1S/C26H35N7O7/c1-25(2,3)18(21(36)33-13-26(11-16(33)22(37)38)23(39)31-24(40)32-26)30-20(35)17(14-7-5-4-6-8-14)29-19(34)15-12-27-9-10-28-15/h9-10,12,14,16-18H,4-8,11,13H2,1-3H3,(H,29,34)(H,30,35)(H,37,38)(H2,31,32,39,40)/t16?,17-,18?,26?/m0/s1. The molecule has 4 atom stereocenters. The lowest BCUT2D eigenvalue weighted by Gasteiger charge is -2.37. The van der Waals surface area contributed by atoms with Gasteiger partial charge in [-0.1, -0.05) is 40.0 Å². The maximum absolute atomic E-state index is 13.9. The van der Waals surface area contributed by atoms with Crippen molar-refractivity contribution in [1.29, 1.82) is 0 Å². The number of carbonyl (C=O) groups is 6. The third-order valence-electron chi connectivity index (χ3n) is 7.83. The average molecular weight is 558 g/mol. The second kappa shape index (κ2) is 11.2. The summed E-state index contributed by atoms with van der Waals surface area (Å²) in [4.78, 5) is 86.0. The summed E-state index contributed by atoms with van der Waals surface area (Å²) in [5.41, 5.74) is -2.40. The molecule has 3 fully saturated rings. The van der Waals surface area contributed by atoms with E-state index in [2.05, 4.69) is 31.2 Å². The van der Waals surface area contributed by atoms with Gasteiger partial charge < -0.3 is 26.0 Å². The lowest BCUT2D eigenvalue weighted by Crippen LogP contribution is -2.61. The molecule has 5 N–H and O–H groups in total. The van der Waals surface area contributed by atoms with Crippen molar-refractivity contribution >= 4 is 35.6 Å². The van der Waals surface area contributed by atoms with Gasteiger partial charge >= 0.3 is 12.0 Å². The Hall–Kier alpha value is -4.10. The molecule has 216 valence electrons. The molecule has 14 nitrogen and oxygen atoms in total. The number of likely N-dealkylation sites (tertiary alicyclic amines) is 1. The fourth-order valence-electron chi connectivity index (χ4n) is 5.68. The van der Waals surface area contributed by atoms with E-state index in [9.17, 15) is 33.9 Å². The molecular formula is C26H35N7O7. The number of aliphatic carboxylic acids is 1. The minimum absolute atomic E-state index is 0.0445. The number of rotatable bonds is 7. The third-order valence-corrected chi connectivity index (χ3v) is 7.83. The summed E-state index contributed by atoms with van der Waals surface area (Å²) in [6.45, 7) is 4.79. The van der Waals surface area contributed by atoms with E-state index in [1.165, 1.54) is 18.6 Å². The molecule has 14 heteroatoms. The van der Waals surface area contributed by atoms with Crippen molar-refractivity contribution in [2.45, 2.75) is 83.0 Å². The molecule has 6 amide bonds. The summed E-state index contributed by atoms with van der Waals surface area (Å²) >= 11 is 0. The summed E-state index contributed by atoms with van der Waals surface area (Å²) in [5, 5.41) is 20.0. The number of carboxylic acid groups (broad SMARTS) is 1. The highest BCUT2D eigenvalue weighted by atomic mass is 16.4. The van der Waals surface area contributed by atoms with Gasteiger partial charge in [0.05, 0.1) is 12.7 Å². The molecule has 3 aliphatic rings. The van der Waals surface area contributed by atoms with E-state index in [0.29, 0.717) is 12.8 Å². The van der Waals surface area contributed by atoms with Gasteiger partial charge in [0.2, 0.25) is 11.8 Å². The van der Waals surface area contributed by atoms with Crippen LogP contribution in [0.25, 0.3) is 0 Å². The number of carboxylic acids is 1. The van der Waals surface area contributed by atoms with Crippen molar-refractivity contribution in [1.82, 2.24) is 36.1 Å². The molecule has 3 unspecified atom stereocenters. The van der Waals surface area contributed by atoms with E-state index in [0.717, 1.165) is 24.2 Å². The van der Waals surface area contributed by atoms with Crippen LogP contribution >= 0.6 is 0 Å². The molecule has 3 heterocycles. The number of nitrogens with one attached hydrogen (secondary N) is 4. The zero-order valence-electron chi connectivity index (χ0n) is 22.7. The lowest BCUT2D eigenvalue weighted by atomic mass is 9.82. The highest BCUT2D eigenvalue weighted by Gasteiger charge is 2.58. The van der Waals surface area contributed by atoms with Crippen LogP contribution in [0.5, 0.6) is 0 Å². The monoisotopic (exact) mass is 557 g/mol. The van der Waals surface area contributed by atoms with Crippen LogP contribution in [0.1, 0.15) is 69.8 Å². The first-order chi connectivity index (χ1) is 18.8. The maximum Gasteiger partial charge on any atom is 0.326 e. The van der Waals surface area contributed by atoms with E-state index in [1.807, 2.05) is 0 Å². The summed E-state index contributed by atoms with van der Waals surface area (Å²) in [6, 6.07) is -4.33. The Balaban J connectivity index is 1.59. The van der Waals surface area contributed by atoms with Gasteiger partial charge in [-0.15, -0.1) is 0 Å². The Bertz CT molecular complexity index is 1200. The molecule has 2 saturated heterocycles. The number of urea groups is 1. The van der Waals surface area contributed by atoms with E-state index in [4.69, 9.17) is 0 Å². The van der Waals surface area contributed by atoms with Crippen molar-refractivity contribution < 1.29 is 33.9 Å². The first kappa shape index (κ1) is 28.9. The number of amides is 6. The topological polar surface area (TPSA) is 200 Å². The Labute approximate surface area is 231 Å². The van der Waals surface area contributed by atoms with Gasteiger partial charge in [0.15, 0.2) is 0 Å². The van der Waals surface area contributed by atoms with Gasteiger partial charge in [0, 0.05) is 18.8 Å². The van der Waals surface area contributed by atoms with Gasteiger partial charge in [0.25, 0.3) is 11.8 Å². The van der Waals surface area contributed by atoms with Crippen molar-refractivity contribution in [3.63, 3.8) is 0 Å². The van der Waals surface area contributed by atoms with Gasteiger partial charge in [-0.05, 0) is 24.2 Å². The first-order valence-electron chi connectivity index (χ1n) is 13.4. The zero-order chi connectivity index (χ0) is 29.2. The van der Waals surface area contributed by atoms with Crippen LogP contribution in [0.15, 0.2) is 18.6 Å². The van der Waals surface area contributed by atoms with Gasteiger partial charge in [-0.25, -0.2) is 14.6 Å². The van der Waals surface area contributed by atoms with E-state index in [-0.39, 0.29) is 24.6 Å². The van der Waals surface area contributed by atoms with Crippen molar-refractivity contribution in [3.8, 4) is 0 Å². The molecule has 1 aliphatic carbocycles. The molecule has 1 aromatic heterocycles. The fourth-order valence-corrected chi connectivity index (χ4v) is 5.68. The van der Waals surface area contributed by atoms with Gasteiger partial charge in [-0.2, -0.15) is 0 Å². The second-order valence-corrected chi connectivity index (χ2v) is 11.8. The Kier molecular flexibility index (Phi) is 8.08. The lowest BCUT2D eigenvalue weighted by molar-refractivity contribution is -0.151. The van der Waals surface area contributed by atoms with E-state index in [1.54, 1.807) is 20.8 Å². The number of nitrogens with zero attached hydrogens (tertiary/aromatic N) is 3. The molecule has 40 heavy (non-hydrogen) atoms. The highest BCUT2D eigenvalue weighted by molar-refractivity contribution is 6.08. The van der Waals surface area contributed by atoms with Crippen LogP contribution in [-0.2, 0) is 19.2 Å². The normalized spacial score (nSPS) is 24.7. The molecule has 0 bridgehead atoms. The van der Waals surface area contributed by atoms with Crippen LogP contribution in [0.3, 0.4) is 0 Å². The quantitative estimate of drug-likeness (QED) is 0.285. The fraction of sp³-hybridized carbons (Fsp3) is 0.615. The summed E-state index contributed by atoms with van der Waals surface area (Å²) < 4.78 is 0. The number of imide groups is 1. The van der Waals surface area contributed by atoms with E-state index >= 15 is 0 Å². The number of carbonyl (C=O) groups excluding carboxylic acids is 5. The summed E-state index contributed by atoms with van der Waals surface area (Å²) in [5.74, 6) is -4.09. The smallest absolute Gasteiger partial charge is 0.326 e. The number of aromatic nitrogens is 2. The molecule has 2 aliphatic heterocycles. The molecule has 0 aromatic carbocycles. The van der Waals surface area contributed by atoms with Crippen LogP contribution in [0.2, 0.25) is 0 Å². The average Bonchev–Trinajstić information content (AvgIpc) is 3.43. The summed E-state index contributed by atoms with van der Waals surface area (Å²) in [7, 11) is 0. The number of hydrogen-bond donors (Lipinski definition) is 5. The minimum Gasteiger partial charge on any atom is -0.480 e. The Morgan fingerprint density at radius 2 is 1.80 bits per heavy atom. The second-order valence-electron chi connectivity index (χ2n) is 11.8. The molecule has 1 saturated carbocycles. The predicted molar refractivity (Wildman–Crippen MR) is 138 cm³/mol.